The van der Waals surface area contributed by atoms with Crippen molar-refractivity contribution in [3.63, 3.8) is 0 Å². The molecule has 1 amide bonds. The Bertz CT molecular complexity index is 231. The Morgan fingerprint density at radius 1 is 1.31 bits per heavy atom. The molecule has 1 unspecified atom stereocenters. The molecule has 4 heteroatoms. The van der Waals surface area contributed by atoms with E-state index >= 15 is 0 Å². The van der Waals surface area contributed by atoms with E-state index in [1.807, 2.05) is 21.6 Å². The van der Waals surface area contributed by atoms with Gasteiger partial charge in [-0.1, -0.05) is 35.4 Å². The summed E-state index contributed by atoms with van der Waals surface area (Å²) in [6.45, 7) is 11.4. The highest BCUT2D eigenvalue weighted by Gasteiger charge is 2.31. The summed E-state index contributed by atoms with van der Waals surface area (Å²) in [6, 6.07) is 0. The molecule has 0 aliphatic carbocycles. The molecule has 1 N–H and O–H groups in total. The molecular formula is C12H25NOS2. The normalized spacial score (nSPS) is 15.6. The van der Waals surface area contributed by atoms with Crippen LogP contribution >= 0.6 is 21.6 Å². The van der Waals surface area contributed by atoms with Crippen LogP contribution in [0.5, 0.6) is 0 Å². The summed E-state index contributed by atoms with van der Waals surface area (Å²) in [7, 11) is 3.73. The summed E-state index contributed by atoms with van der Waals surface area (Å²) >= 11 is 0. The number of amides is 1. The Labute approximate surface area is 108 Å². The third kappa shape index (κ3) is 6.69. The van der Waals surface area contributed by atoms with Crippen LogP contribution in [0.1, 0.15) is 47.5 Å². The molecule has 0 saturated heterocycles. The molecular weight excluding hydrogens is 238 g/mol. The van der Waals surface area contributed by atoms with Gasteiger partial charge >= 0.3 is 0 Å². The molecule has 0 radical (unpaired) electrons. The Hall–Kier alpha value is 0.170. The van der Waals surface area contributed by atoms with Crippen LogP contribution in [0.4, 0.5) is 0 Å². The zero-order chi connectivity index (χ0) is 12.8. The minimum atomic E-state index is 0.0648. The maximum atomic E-state index is 11.0. The molecule has 1 atom stereocenters. The summed E-state index contributed by atoms with van der Waals surface area (Å²) in [5, 5.41) is 2.95. The SMILES string of the molecule is CCC(C)(CNC(C)=O)CC(C)(C)SSC. The number of rotatable bonds is 7. The van der Waals surface area contributed by atoms with Crippen molar-refractivity contribution in [3.05, 3.63) is 0 Å². The van der Waals surface area contributed by atoms with Crippen LogP contribution in [0, 0.1) is 5.41 Å². The van der Waals surface area contributed by atoms with Gasteiger partial charge in [-0.15, -0.1) is 0 Å². The highest BCUT2D eigenvalue weighted by Crippen LogP contribution is 2.43. The van der Waals surface area contributed by atoms with E-state index in [9.17, 15) is 4.79 Å². The number of nitrogens with one attached hydrogen (secondary N) is 1. The van der Waals surface area contributed by atoms with Crippen molar-refractivity contribution in [1.29, 1.82) is 0 Å². The molecule has 0 saturated carbocycles. The van der Waals surface area contributed by atoms with Gasteiger partial charge in [0, 0.05) is 18.2 Å². The van der Waals surface area contributed by atoms with Gasteiger partial charge in [0.25, 0.3) is 0 Å². The Morgan fingerprint density at radius 3 is 2.25 bits per heavy atom. The average molecular weight is 263 g/mol. The number of carbonyl (C=O) groups excluding carboxylic acids is 1. The lowest BCUT2D eigenvalue weighted by Crippen LogP contribution is -2.38. The van der Waals surface area contributed by atoms with Crippen molar-refractivity contribution in [3.8, 4) is 0 Å². The van der Waals surface area contributed by atoms with Crippen molar-refractivity contribution in [2.24, 2.45) is 5.41 Å². The lowest BCUT2D eigenvalue weighted by Gasteiger charge is -2.36. The van der Waals surface area contributed by atoms with E-state index in [-0.39, 0.29) is 16.1 Å². The molecule has 96 valence electrons. The van der Waals surface area contributed by atoms with Gasteiger partial charge in [0.2, 0.25) is 5.91 Å². The first-order chi connectivity index (χ1) is 7.24. The summed E-state index contributed by atoms with van der Waals surface area (Å²) in [5.41, 5.74) is 0.192. The smallest absolute Gasteiger partial charge is 0.216 e. The van der Waals surface area contributed by atoms with Crippen molar-refractivity contribution in [2.75, 3.05) is 12.8 Å². The van der Waals surface area contributed by atoms with Gasteiger partial charge in [-0.05, 0) is 38.4 Å². The van der Waals surface area contributed by atoms with Crippen LogP contribution < -0.4 is 5.32 Å². The highest BCUT2D eigenvalue weighted by atomic mass is 33.1. The fourth-order valence-electron chi connectivity index (χ4n) is 1.93. The molecule has 0 aromatic carbocycles. The molecule has 0 rings (SSSR count). The molecule has 0 aliphatic rings. The van der Waals surface area contributed by atoms with Gasteiger partial charge in [0.05, 0.1) is 0 Å². The second-order valence-corrected chi connectivity index (χ2v) is 8.37. The second-order valence-electron chi connectivity index (χ2n) is 5.26. The Morgan fingerprint density at radius 2 is 1.88 bits per heavy atom. The highest BCUT2D eigenvalue weighted by molar-refractivity contribution is 8.76. The van der Waals surface area contributed by atoms with Crippen molar-refractivity contribution < 1.29 is 4.79 Å². The topological polar surface area (TPSA) is 29.1 Å². The van der Waals surface area contributed by atoms with Gasteiger partial charge in [0.1, 0.15) is 0 Å². The fourth-order valence-corrected chi connectivity index (χ4v) is 4.32. The molecule has 0 bridgehead atoms. The molecule has 0 aliphatic heterocycles. The van der Waals surface area contributed by atoms with Gasteiger partial charge < -0.3 is 5.32 Å². The summed E-state index contributed by atoms with van der Waals surface area (Å²) in [4.78, 5) is 11.0. The molecule has 0 aromatic rings. The van der Waals surface area contributed by atoms with Crippen LogP contribution in [-0.2, 0) is 4.79 Å². The van der Waals surface area contributed by atoms with Crippen LogP contribution in [0.15, 0.2) is 0 Å². The van der Waals surface area contributed by atoms with Crippen molar-refractivity contribution >= 4 is 27.5 Å². The van der Waals surface area contributed by atoms with Crippen molar-refractivity contribution in [2.45, 2.75) is 52.2 Å². The number of hydrogen-bond donors (Lipinski definition) is 1. The van der Waals surface area contributed by atoms with E-state index in [2.05, 4.69) is 39.3 Å². The van der Waals surface area contributed by atoms with Crippen LogP contribution in [0.25, 0.3) is 0 Å². The second kappa shape index (κ2) is 6.80. The van der Waals surface area contributed by atoms with E-state index in [4.69, 9.17) is 0 Å². The van der Waals surface area contributed by atoms with Crippen molar-refractivity contribution in [1.82, 2.24) is 5.32 Å². The zero-order valence-corrected chi connectivity index (χ0v) is 13.0. The first kappa shape index (κ1) is 16.2. The maximum Gasteiger partial charge on any atom is 0.216 e. The number of hydrogen-bond acceptors (Lipinski definition) is 3. The first-order valence-electron chi connectivity index (χ1n) is 5.71. The predicted molar refractivity (Wildman–Crippen MR) is 76.9 cm³/mol. The summed E-state index contributed by atoms with van der Waals surface area (Å²) < 4.78 is 0.253. The van der Waals surface area contributed by atoms with E-state index in [1.165, 1.54) is 0 Å². The fraction of sp³-hybridized carbons (Fsp3) is 0.917. The molecule has 16 heavy (non-hydrogen) atoms. The Kier molecular flexibility index (Phi) is 6.87. The van der Waals surface area contributed by atoms with E-state index < -0.39 is 0 Å². The third-order valence-electron chi connectivity index (χ3n) is 2.78. The van der Waals surface area contributed by atoms with E-state index in [0.717, 1.165) is 19.4 Å². The van der Waals surface area contributed by atoms with Gasteiger partial charge in [-0.3, -0.25) is 4.79 Å². The predicted octanol–water partition coefficient (Wildman–Crippen LogP) is 3.72. The minimum Gasteiger partial charge on any atom is -0.356 e. The van der Waals surface area contributed by atoms with Crippen LogP contribution in [0.3, 0.4) is 0 Å². The lowest BCUT2D eigenvalue weighted by atomic mass is 9.79. The summed E-state index contributed by atoms with van der Waals surface area (Å²) in [5.74, 6) is 0.0648. The molecule has 0 aromatic heterocycles. The molecule has 0 heterocycles. The first-order valence-corrected chi connectivity index (χ1v) is 8.27. The minimum absolute atomic E-state index is 0.0648. The Balaban J connectivity index is 4.40. The quantitative estimate of drug-likeness (QED) is 0.710. The lowest BCUT2D eigenvalue weighted by molar-refractivity contribution is -0.119. The summed E-state index contributed by atoms with van der Waals surface area (Å²) in [6.07, 6.45) is 4.32. The standard InChI is InChI=1S/C12H25NOS2/c1-7-12(5,9-13-10(2)14)8-11(3,4)16-15-6/h7-9H2,1-6H3,(H,13,14). The monoisotopic (exact) mass is 263 g/mol. The molecule has 0 spiro atoms. The van der Waals surface area contributed by atoms with E-state index in [0.29, 0.717) is 0 Å². The van der Waals surface area contributed by atoms with Crippen LogP contribution in [-0.4, -0.2) is 23.5 Å². The zero-order valence-electron chi connectivity index (χ0n) is 11.3. The molecule has 0 fully saturated rings. The van der Waals surface area contributed by atoms with Gasteiger partial charge in [0.15, 0.2) is 0 Å². The maximum absolute atomic E-state index is 11.0. The average Bonchev–Trinajstić information content (AvgIpc) is 2.14. The largest absolute Gasteiger partial charge is 0.356 e. The third-order valence-corrected chi connectivity index (χ3v) is 5.39. The van der Waals surface area contributed by atoms with Gasteiger partial charge in [-0.25, -0.2) is 0 Å². The number of carbonyl (C=O) groups is 1. The van der Waals surface area contributed by atoms with E-state index in [1.54, 1.807) is 6.92 Å². The molecule has 2 nitrogen and oxygen atoms in total. The van der Waals surface area contributed by atoms with Crippen LogP contribution in [0.2, 0.25) is 0 Å². The van der Waals surface area contributed by atoms with Gasteiger partial charge in [-0.2, -0.15) is 0 Å².